The van der Waals surface area contributed by atoms with Crippen LogP contribution in [0.15, 0.2) is 72.9 Å². The summed E-state index contributed by atoms with van der Waals surface area (Å²) >= 11 is 0. The van der Waals surface area contributed by atoms with E-state index < -0.39 is 54.5 Å². The van der Waals surface area contributed by atoms with Gasteiger partial charge in [-0.3, -0.25) is 9.69 Å². The van der Waals surface area contributed by atoms with Crippen molar-refractivity contribution in [3.63, 3.8) is 0 Å². The number of likely N-dealkylation sites (tertiary alicyclic amines) is 1. The smallest absolute Gasteiger partial charge is 0.351 e. The lowest BCUT2D eigenvalue weighted by molar-refractivity contribution is -0.123. The molecule has 5 nitrogen and oxygen atoms in total. The molecule has 1 aromatic carbocycles. The third kappa shape index (κ3) is 15.2. The summed E-state index contributed by atoms with van der Waals surface area (Å²) < 4.78 is 69.2. The second-order valence-corrected chi connectivity index (χ2v) is 13.2. The van der Waals surface area contributed by atoms with Crippen molar-refractivity contribution in [1.82, 2.24) is 10.2 Å². The number of rotatable bonds is 7. The van der Waals surface area contributed by atoms with Crippen LogP contribution in [0.5, 0.6) is 0 Å². The summed E-state index contributed by atoms with van der Waals surface area (Å²) in [5.74, 6) is -3.58. The molecule has 0 spiro atoms. The van der Waals surface area contributed by atoms with Gasteiger partial charge in [0.2, 0.25) is 11.8 Å². The lowest BCUT2D eigenvalue weighted by Crippen LogP contribution is -2.57. The lowest BCUT2D eigenvalue weighted by atomic mass is 9.87. The SMILES string of the molecule is C=C/C(=C\C(=C/C)C(F)(F)F)C(C(=O)NC1CCC(F)(F)CC1)N(C(=O)N1CCCCC1)c1ccc(C(C)(C)C)cc1.C=CC.CC.CCC. The molecule has 0 radical (unpaired) electrons. The predicted octanol–water partition coefficient (Wildman–Crippen LogP) is 11.7. The summed E-state index contributed by atoms with van der Waals surface area (Å²) in [5.41, 5.74) is -0.0470. The second-order valence-electron chi connectivity index (χ2n) is 13.2. The first kappa shape index (κ1) is 46.6. The van der Waals surface area contributed by atoms with Crippen LogP contribution in [0.2, 0.25) is 0 Å². The molecule has 1 N–H and O–H groups in total. The normalized spacial score (nSPS) is 17.3. The molecule has 50 heavy (non-hydrogen) atoms. The zero-order valence-corrected chi connectivity index (χ0v) is 31.9. The summed E-state index contributed by atoms with van der Waals surface area (Å²) in [4.78, 5) is 31.0. The highest BCUT2D eigenvalue weighted by Gasteiger charge is 2.41. The number of alkyl halides is 5. The van der Waals surface area contributed by atoms with Gasteiger partial charge >= 0.3 is 12.2 Å². The standard InChI is InChI=1S/C32H42F5N3O2.C3H8.C3H6.C2H6/c1-6-22(21-23(7-2)32(35,36)37)27(28(41)38-25-15-17-31(33,34)18-16-25)40(29(42)39-19-9-8-10-20-39)26-13-11-24(12-14-26)30(3,4)5;2*1-3-2;1-2/h6-7,11-14,21,25,27H,1,8-10,15-20H2,2-5H3,(H,38,41);3H2,1-2H3;3H,1H2,2H3;1-2H3/b22-21+,23-7+;;;. The van der Waals surface area contributed by atoms with Gasteiger partial charge in [0.25, 0.3) is 0 Å². The molecule has 3 rings (SSSR count). The molecule has 0 bridgehead atoms. The van der Waals surface area contributed by atoms with Gasteiger partial charge in [-0.05, 0) is 80.7 Å². The van der Waals surface area contributed by atoms with E-state index in [-0.39, 0.29) is 23.8 Å². The van der Waals surface area contributed by atoms with Crippen LogP contribution in [0.1, 0.15) is 119 Å². The Balaban J connectivity index is 0.00000275. The molecular weight excluding hydrogens is 649 g/mol. The van der Waals surface area contributed by atoms with E-state index in [1.165, 1.54) is 18.2 Å². The molecule has 2 aliphatic rings. The first-order chi connectivity index (χ1) is 23.4. The van der Waals surface area contributed by atoms with Gasteiger partial charge in [-0.25, -0.2) is 13.6 Å². The highest BCUT2D eigenvalue weighted by molar-refractivity contribution is 6.02. The number of benzene rings is 1. The van der Waals surface area contributed by atoms with Crippen molar-refractivity contribution in [2.24, 2.45) is 0 Å². The summed E-state index contributed by atoms with van der Waals surface area (Å²) in [6.07, 6.45) is 2.82. The molecule has 1 atom stereocenters. The van der Waals surface area contributed by atoms with E-state index in [1.807, 2.05) is 53.7 Å². The Bertz CT molecular complexity index is 1230. The van der Waals surface area contributed by atoms with Gasteiger partial charge in [0.1, 0.15) is 6.04 Å². The van der Waals surface area contributed by atoms with E-state index in [4.69, 9.17) is 0 Å². The van der Waals surface area contributed by atoms with Crippen LogP contribution in [0.25, 0.3) is 0 Å². The number of allylic oxidation sites excluding steroid dienone is 4. The topological polar surface area (TPSA) is 52.7 Å². The third-order valence-corrected chi connectivity index (χ3v) is 7.93. The Labute approximate surface area is 298 Å². The van der Waals surface area contributed by atoms with Gasteiger partial charge in [-0.1, -0.05) is 91.8 Å². The van der Waals surface area contributed by atoms with Gasteiger partial charge in [-0.15, -0.1) is 6.58 Å². The van der Waals surface area contributed by atoms with E-state index in [9.17, 15) is 31.5 Å². The van der Waals surface area contributed by atoms with Crippen LogP contribution >= 0.6 is 0 Å². The average molecular weight is 712 g/mol. The maximum absolute atomic E-state index is 14.2. The van der Waals surface area contributed by atoms with Crippen molar-refractivity contribution in [2.75, 3.05) is 18.0 Å². The van der Waals surface area contributed by atoms with Crippen molar-refractivity contribution in [2.45, 2.75) is 143 Å². The number of nitrogens with zero attached hydrogens (tertiary/aromatic N) is 2. The Morgan fingerprint density at radius 3 is 1.86 bits per heavy atom. The van der Waals surface area contributed by atoms with Crippen LogP contribution in [0.3, 0.4) is 0 Å². The second kappa shape index (κ2) is 22.4. The Morgan fingerprint density at radius 2 is 1.46 bits per heavy atom. The zero-order valence-electron chi connectivity index (χ0n) is 31.9. The Morgan fingerprint density at radius 1 is 0.980 bits per heavy atom. The number of urea groups is 1. The van der Waals surface area contributed by atoms with Crippen LogP contribution in [-0.4, -0.2) is 54.1 Å². The van der Waals surface area contributed by atoms with Gasteiger partial charge in [0, 0.05) is 37.7 Å². The van der Waals surface area contributed by atoms with Crippen LogP contribution in [-0.2, 0) is 10.2 Å². The van der Waals surface area contributed by atoms with E-state index >= 15 is 0 Å². The van der Waals surface area contributed by atoms with E-state index in [0.717, 1.165) is 43.1 Å². The summed E-state index contributed by atoms with van der Waals surface area (Å²) in [5, 5.41) is 2.77. The quantitative estimate of drug-likeness (QED) is 0.174. The van der Waals surface area contributed by atoms with Crippen LogP contribution < -0.4 is 10.2 Å². The summed E-state index contributed by atoms with van der Waals surface area (Å²) in [7, 11) is 0. The van der Waals surface area contributed by atoms with Crippen molar-refractivity contribution < 1.29 is 31.5 Å². The number of carbonyl (C=O) groups is 2. The molecule has 1 saturated carbocycles. The fourth-order valence-electron chi connectivity index (χ4n) is 5.37. The van der Waals surface area contributed by atoms with Crippen molar-refractivity contribution in [1.29, 1.82) is 0 Å². The number of piperidine rings is 1. The largest absolute Gasteiger partial charge is 0.416 e. The van der Waals surface area contributed by atoms with Crippen molar-refractivity contribution in [3.8, 4) is 0 Å². The number of anilines is 1. The van der Waals surface area contributed by atoms with Crippen LogP contribution in [0, 0.1) is 0 Å². The number of nitrogens with one attached hydrogen (secondary N) is 1. The minimum Gasteiger partial charge on any atom is -0.351 e. The maximum atomic E-state index is 14.2. The number of hydrogen-bond acceptors (Lipinski definition) is 2. The molecule has 1 aliphatic carbocycles. The Kier molecular flexibility index (Phi) is 20.9. The minimum atomic E-state index is -4.71. The van der Waals surface area contributed by atoms with Crippen molar-refractivity contribution >= 4 is 17.6 Å². The summed E-state index contributed by atoms with van der Waals surface area (Å²) in [6.45, 7) is 25.4. The van der Waals surface area contributed by atoms with Gasteiger partial charge in [0.15, 0.2) is 0 Å². The minimum absolute atomic E-state index is 0.0155. The van der Waals surface area contributed by atoms with Crippen LogP contribution in [0.4, 0.5) is 32.4 Å². The molecule has 284 valence electrons. The van der Waals surface area contributed by atoms with E-state index in [2.05, 4.69) is 32.3 Å². The average Bonchev–Trinajstić information content (AvgIpc) is 3.06. The molecule has 1 aromatic rings. The number of amides is 3. The maximum Gasteiger partial charge on any atom is 0.416 e. The van der Waals surface area contributed by atoms with Gasteiger partial charge in [-0.2, -0.15) is 13.2 Å². The number of hydrogen-bond donors (Lipinski definition) is 1. The molecule has 1 unspecified atom stereocenters. The first-order valence-corrected chi connectivity index (χ1v) is 17.9. The van der Waals surface area contributed by atoms with Gasteiger partial charge < -0.3 is 10.2 Å². The van der Waals surface area contributed by atoms with Crippen molar-refractivity contribution in [3.05, 3.63) is 78.4 Å². The third-order valence-electron chi connectivity index (χ3n) is 7.93. The number of carbonyl (C=O) groups excluding carboxylic acids is 2. The molecule has 2 fully saturated rings. The fourth-order valence-corrected chi connectivity index (χ4v) is 5.37. The predicted molar refractivity (Wildman–Crippen MR) is 199 cm³/mol. The highest BCUT2D eigenvalue weighted by atomic mass is 19.4. The van der Waals surface area contributed by atoms with Gasteiger partial charge in [0.05, 0.1) is 5.57 Å². The molecule has 1 heterocycles. The highest BCUT2D eigenvalue weighted by Crippen LogP contribution is 2.35. The zero-order chi connectivity index (χ0) is 38.7. The molecule has 3 amide bonds. The first-order valence-electron chi connectivity index (χ1n) is 17.9. The number of halogens is 5. The van der Waals surface area contributed by atoms with E-state index in [0.29, 0.717) is 18.8 Å². The monoisotopic (exact) mass is 711 g/mol. The molecular formula is C40H62F5N3O2. The lowest BCUT2D eigenvalue weighted by Gasteiger charge is -2.38. The Hall–Kier alpha value is -3.43. The molecule has 10 heteroatoms. The molecule has 1 saturated heterocycles. The summed E-state index contributed by atoms with van der Waals surface area (Å²) in [6, 6.07) is 4.37. The molecule has 1 aliphatic heterocycles. The fraction of sp³-hybridized carbons (Fsp3) is 0.600. The molecule has 0 aromatic heterocycles. The van der Waals surface area contributed by atoms with E-state index in [1.54, 1.807) is 23.1 Å².